The largest absolute Gasteiger partial charge is 0.444 e. The maximum Gasteiger partial charge on any atom is 0.282 e. The summed E-state index contributed by atoms with van der Waals surface area (Å²) in [6, 6.07) is 7.30. The minimum atomic E-state index is -2.54. The molecule has 1 aliphatic heterocycles. The molecule has 0 radical (unpaired) electrons. The lowest BCUT2D eigenvalue weighted by Crippen LogP contribution is -2.56. The Morgan fingerprint density at radius 2 is 1.79 bits per heavy atom. The van der Waals surface area contributed by atoms with Crippen molar-refractivity contribution in [1.29, 1.82) is 0 Å². The smallest absolute Gasteiger partial charge is 0.282 e. The van der Waals surface area contributed by atoms with E-state index >= 15 is 0 Å². The number of rotatable bonds is 2. The minimum absolute atomic E-state index is 0.200. The van der Waals surface area contributed by atoms with Crippen molar-refractivity contribution >= 4 is 5.69 Å². The van der Waals surface area contributed by atoms with Crippen molar-refractivity contribution in [1.82, 2.24) is 4.98 Å². The summed E-state index contributed by atoms with van der Waals surface area (Å²) in [6.07, 6.45) is 2.98. The van der Waals surface area contributed by atoms with Crippen molar-refractivity contribution in [3.8, 4) is 11.3 Å². The number of aromatic nitrogens is 1. The maximum atomic E-state index is 12.7. The predicted octanol–water partition coefficient (Wildman–Crippen LogP) is 3.82. The molecular formula is C14H16F2N2O. The minimum Gasteiger partial charge on any atom is -0.444 e. The van der Waals surface area contributed by atoms with Gasteiger partial charge in [-0.3, -0.25) is 0 Å². The summed E-state index contributed by atoms with van der Waals surface area (Å²) in [5.74, 6) is -1.87. The van der Waals surface area contributed by atoms with Crippen molar-refractivity contribution in [2.45, 2.75) is 19.8 Å². The van der Waals surface area contributed by atoms with Crippen LogP contribution >= 0.6 is 0 Å². The molecule has 102 valence electrons. The van der Waals surface area contributed by atoms with Crippen LogP contribution in [0.4, 0.5) is 14.5 Å². The van der Waals surface area contributed by atoms with Gasteiger partial charge in [0.1, 0.15) is 0 Å². The fourth-order valence-electron chi connectivity index (χ4n) is 1.89. The number of halogens is 2. The number of nitrogens with zero attached hydrogens (tertiary/aromatic N) is 2. The van der Waals surface area contributed by atoms with Crippen LogP contribution in [0.15, 0.2) is 41.3 Å². The number of alkyl halides is 2. The second-order valence-corrected chi connectivity index (χ2v) is 4.12. The molecule has 1 aliphatic rings. The fraction of sp³-hybridized carbons (Fsp3) is 0.357. The lowest BCUT2D eigenvalue weighted by Gasteiger charge is -2.40. The van der Waals surface area contributed by atoms with Crippen LogP contribution in [-0.2, 0) is 0 Å². The highest BCUT2D eigenvalue weighted by Gasteiger charge is 2.43. The molecule has 0 bridgehead atoms. The van der Waals surface area contributed by atoms with Crippen LogP contribution < -0.4 is 4.90 Å². The van der Waals surface area contributed by atoms with Gasteiger partial charge in [-0.2, -0.15) is 0 Å². The first kappa shape index (κ1) is 13.5. The molecule has 19 heavy (non-hydrogen) atoms. The van der Waals surface area contributed by atoms with E-state index in [-0.39, 0.29) is 13.1 Å². The Balaban J connectivity index is 0.000000637. The van der Waals surface area contributed by atoms with E-state index in [9.17, 15) is 8.78 Å². The molecule has 1 saturated heterocycles. The monoisotopic (exact) mass is 266 g/mol. The summed E-state index contributed by atoms with van der Waals surface area (Å²) in [5.41, 5.74) is 1.69. The molecule has 0 atom stereocenters. The molecule has 3 rings (SSSR count). The van der Waals surface area contributed by atoms with Crippen LogP contribution in [0, 0.1) is 0 Å². The zero-order chi connectivity index (χ0) is 13.9. The molecule has 1 aromatic carbocycles. The molecular weight excluding hydrogens is 250 g/mol. The van der Waals surface area contributed by atoms with E-state index in [0.717, 1.165) is 11.3 Å². The van der Waals surface area contributed by atoms with E-state index in [4.69, 9.17) is 4.42 Å². The topological polar surface area (TPSA) is 29.3 Å². The van der Waals surface area contributed by atoms with Gasteiger partial charge in [-0.25, -0.2) is 13.8 Å². The molecule has 0 N–H and O–H groups in total. The van der Waals surface area contributed by atoms with Crippen LogP contribution in [0.5, 0.6) is 0 Å². The zero-order valence-corrected chi connectivity index (χ0v) is 10.9. The van der Waals surface area contributed by atoms with Gasteiger partial charge in [0.25, 0.3) is 5.92 Å². The number of hydrogen-bond acceptors (Lipinski definition) is 3. The molecule has 5 heteroatoms. The van der Waals surface area contributed by atoms with Crippen molar-refractivity contribution in [3.63, 3.8) is 0 Å². The average Bonchev–Trinajstić information content (AvgIpc) is 2.92. The Morgan fingerprint density at radius 1 is 1.16 bits per heavy atom. The highest BCUT2D eigenvalue weighted by molar-refractivity contribution is 5.62. The van der Waals surface area contributed by atoms with E-state index in [1.807, 2.05) is 38.1 Å². The third kappa shape index (κ3) is 2.92. The normalized spacial score (nSPS) is 16.3. The maximum absolute atomic E-state index is 12.7. The lowest BCUT2D eigenvalue weighted by atomic mass is 10.1. The predicted molar refractivity (Wildman–Crippen MR) is 70.4 cm³/mol. The second-order valence-electron chi connectivity index (χ2n) is 4.12. The highest BCUT2D eigenvalue weighted by atomic mass is 19.3. The zero-order valence-electron chi connectivity index (χ0n) is 10.9. The van der Waals surface area contributed by atoms with Crippen molar-refractivity contribution in [2.75, 3.05) is 18.0 Å². The molecule has 2 aromatic rings. The number of oxazole rings is 1. The first-order chi connectivity index (χ1) is 9.14. The van der Waals surface area contributed by atoms with Gasteiger partial charge in [0.05, 0.1) is 19.3 Å². The van der Waals surface area contributed by atoms with Gasteiger partial charge in [-0.15, -0.1) is 0 Å². The summed E-state index contributed by atoms with van der Waals surface area (Å²) in [5, 5.41) is 0. The Labute approximate surface area is 110 Å². The van der Waals surface area contributed by atoms with Crippen LogP contribution in [0.2, 0.25) is 0 Å². The molecule has 0 saturated carbocycles. The third-order valence-corrected chi connectivity index (χ3v) is 2.79. The summed E-state index contributed by atoms with van der Waals surface area (Å²) < 4.78 is 30.6. The fourth-order valence-corrected chi connectivity index (χ4v) is 1.89. The van der Waals surface area contributed by atoms with Crippen LogP contribution in [0.3, 0.4) is 0 Å². The van der Waals surface area contributed by atoms with Gasteiger partial charge >= 0.3 is 0 Å². The molecule has 1 fully saturated rings. The Kier molecular flexibility index (Phi) is 3.83. The van der Waals surface area contributed by atoms with Gasteiger partial charge < -0.3 is 9.32 Å². The molecule has 0 unspecified atom stereocenters. The molecule has 0 amide bonds. The van der Waals surface area contributed by atoms with Crippen LogP contribution in [0.1, 0.15) is 13.8 Å². The van der Waals surface area contributed by atoms with E-state index in [1.165, 1.54) is 6.39 Å². The molecule has 3 nitrogen and oxygen atoms in total. The summed E-state index contributed by atoms with van der Waals surface area (Å²) >= 11 is 0. The quantitative estimate of drug-likeness (QED) is 0.827. The number of benzene rings is 1. The Morgan fingerprint density at radius 3 is 2.26 bits per heavy atom. The molecule has 2 heterocycles. The van der Waals surface area contributed by atoms with Crippen molar-refractivity contribution in [3.05, 3.63) is 36.9 Å². The molecule has 0 aliphatic carbocycles. The third-order valence-electron chi connectivity index (χ3n) is 2.79. The standard InChI is InChI=1S/C12H10F2N2O.C2H6/c13-12(14)6-16(7-12)10-3-1-9(2-4-10)11-5-15-8-17-11;1-2/h1-5,8H,6-7H2;1-2H3. The van der Waals surface area contributed by atoms with E-state index < -0.39 is 5.92 Å². The van der Waals surface area contributed by atoms with Crippen molar-refractivity contribution in [2.24, 2.45) is 0 Å². The first-order valence-corrected chi connectivity index (χ1v) is 6.26. The highest BCUT2D eigenvalue weighted by Crippen LogP contribution is 2.32. The van der Waals surface area contributed by atoms with E-state index in [2.05, 4.69) is 4.98 Å². The first-order valence-electron chi connectivity index (χ1n) is 6.26. The van der Waals surface area contributed by atoms with Crippen LogP contribution in [0.25, 0.3) is 11.3 Å². The van der Waals surface area contributed by atoms with Gasteiger partial charge in [-0.1, -0.05) is 13.8 Å². The van der Waals surface area contributed by atoms with E-state index in [1.54, 1.807) is 11.1 Å². The van der Waals surface area contributed by atoms with Gasteiger partial charge in [-0.05, 0) is 24.3 Å². The van der Waals surface area contributed by atoms with Gasteiger partial charge in [0.2, 0.25) is 0 Å². The van der Waals surface area contributed by atoms with Crippen LogP contribution in [-0.4, -0.2) is 24.0 Å². The lowest BCUT2D eigenvalue weighted by molar-refractivity contribution is -0.0262. The SMILES string of the molecule is CC.FC1(F)CN(c2ccc(-c3cnco3)cc2)C1. The molecule has 0 spiro atoms. The van der Waals surface area contributed by atoms with Gasteiger partial charge in [0.15, 0.2) is 12.2 Å². The molecule has 1 aromatic heterocycles. The number of hydrogen-bond donors (Lipinski definition) is 0. The summed E-state index contributed by atoms with van der Waals surface area (Å²) in [7, 11) is 0. The average molecular weight is 266 g/mol. The van der Waals surface area contributed by atoms with Crippen molar-refractivity contribution < 1.29 is 13.2 Å². The second kappa shape index (κ2) is 5.38. The van der Waals surface area contributed by atoms with E-state index in [0.29, 0.717) is 5.76 Å². The summed E-state index contributed by atoms with van der Waals surface area (Å²) in [6.45, 7) is 3.60. The number of anilines is 1. The van der Waals surface area contributed by atoms with Gasteiger partial charge in [0, 0.05) is 11.3 Å². The summed E-state index contributed by atoms with van der Waals surface area (Å²) in [4.78, 5) is 5.47. The Hall–Kier alpha value is -1.91. The Bertz CT molecular complexity index is 501.